The summed E-state index contributed by atoms with van der Waals surface area (Å²) in [6, 6.07) is 9.35. The molecule has 4 nitrogen and oxygen atoms in total. The minimum atomic E-state index is -0.394. The van der Waals surface area contributed by atoms with Crippen molar-refractivity contribution in [3.05, 3.63) is 48.2 Å². The Morgan fingerprint density at radius 2 is 1.82 bits per heavy atom. The van der Waals surface area contributed by atoms with Crippen LogP contribution in [0.2, 0.25) is 0 Å². The van der Waals surface area contributed by atoms with Crippen molar-refractivity contribution in [2.75, 3.05) is 11.9 Å². The van der Waals surface area contributed by atoms with Gasteiger partial charge in [-0.05, 0) is 25.0 Å². The summed E-state index contributed by atoms with van der Waals surface area (Å²) in [6.45, 7) is 3.50. The maximum absolute atomic E-state index is 12.5. The lowest BCUT2D eigenvalue weighted by Gasteiger charge is -2.24. The lowest BCUT2D eigenvalue weighted by Crippen LogP contribution is -2.41. The van der Waals surface area contributed by atoms with Crippen LogP contribution in [0.15, 0.2) is 48.2 Å². The van der Waals surface area contributed by atoms with E-state index in [1.807, 2.05) is 30.3 Å². The van der Waals surface area contributed by atoms with Crippen molar-refractivity contribution in [3.63, 3.8) is 0 Å². The Kier molecular flexibility index (Phi) is 5.56. The maximum atomic E-state index is 12.5. The van der Waals surface area contributed by atoms with Gasteiger partial charge in [0.25, 0.3) is 11.8 Å². The normalized spacial score (nSPS) is 14.8. The molecule has 1 aliphatic rings. The van der Waals surface area contributed by atoms with Crippen molar-refractivity contribution in [3.8, 4) is 0 Å². The van der Waals surface area contributed by atoms with Crippen molar-refractivity contribution in [1.29, 1.82) is 0 Å². The van der Waals surface area contributed by atoms with Crippen LogP contribution in [0.4, 0.5) is 5.69 Å². The Morgan fingerprint density at radius 1 is 1.18 bits per heavy atom. The first-order valence-corrected chi connectivity index (χ1v) is 7.67. The summed E-state index contributed by atoms with van der Waals surface area (Å²) in [4.78, 5) is 26.2. The first kappa shape index (κ1) is 16.1. The molecule has 0 atom stereocenters. The number of nitrogens with zero attached hydrogens (tertiary/aromatic N) is 1. The van der Waals surface area contributed by atoms with Gasteiger partial charge in [-0.25, -0.2) is 0 Å². The highest BCUT2D eigenvalue weighted by atomic mass is 16.2. The van der Waals surface area contributed by atoms with E-state index in [-0.39, 0.29) is 17.5 Å². The predicted molar refractivity (Wildman–Crippen MR) is 87.5 cm³/mol. The molecule has 1 saturated carbocycles. The number of anilines is 1. The summed E-state index contributed by atoms with van der Waals surface area (Å²) in [5, 5.41) is 2.93. The number of benzene rings is 1. The number of likely N-dealkylation sites (N-methyl/N-ethyl adjacent to an activating group) is 1. The molecule has 1 aromatic rings. The third-order valence-corrected chi connectivity index (χ3v) is 4.01. The van der Waals surface area contributed by atoms with Gasteiger partial charge in [-0.15, -0.1) is 5.73 Å². The fourth-order valence-electron chi connectivity index (χ4n) is 2.69. The number of rotatable bonds is 4. The molecule has 2 rings (SSSR count). The zero-order valence-electron chi connectivity index (χ0n) is 13.0. The van der Waals surface area contributed by atoms with Gasteiger partial charge >= 0.3 is 0 Å². The fourth-order valence-corrected chi connectivity index (χ4v) is 2.69. The summed E-state index contributed by atoms with van der Waals surface area (Å²) >= 11 is 0. The Balaban J connectivity index is 2.05. The van der Waals surface area contributed by atoms with Crippen molar-refractivity contribution in [2.24, 2.45) is 0 Å². The summed E-state index contributed by atoms with van der Waals surface area (Å²) in [6.07, 6.45) is 5.40. The van der Waals surface area contributed by atoms with Crippen molar-refractivity contribution in [1.82, 2.24) is 5.32 Å². The molecule has 116 valence electrons. The molecule has 0 spiro atoms. The molecule has 0 saturated heterocycles. The van der Waals surface area contributed by atoms with E-state index >= 15 is 0 Å². The first-order chi connectivity index (χ1) is 10.6. The highest BCUT2D eigenvalue weighted by Crippen LogP contribution is 2.18. The first-order valence-electron chi connectivity index (χ1n) is 7.67. The number of amides is 2. The average Bonchev–Trinajstić information content (AvgIpc) is 2.56. The van der Waals surface area contributed by atoms with E-state index in [0.717, 1.165) is 31.4 Å². The molecular weight excluding hydrogens is 276 g/mol. The van der Waals surface area contributed by atoms with Gasteiger partial charge < -0.3 is 10.2 Å². The smallest absolute Gasteiger partial charge is 0.271 e. The second-order valence-corrected chi connectivity index (χ2v) is 5.56. The number of hydrogen-bond acceptors (Lipinski definition) is 2. The van der Waals surface area contributed by atoms with E-state index in [1.54, 1.807) is 7.05 Å². The third kappa shape index (κ3) is 3.86. The molecule has 22 heavy (non-hydrogen) atoms. The third-order valence-electron chi connectivity index (χ3n) is 4.01. The van der Waals surface area contributed by atoms with Crippen LogP contribution < -0.4 is 10.2 Å². The SMILES string of the molecule is C=C=C(C(=O)NC1CCCCC1)C(=O)N(C)c1ccccc1. The van der Waals surface area contributed by atoms with Crippen LogP contribution >= 0.6 is 0 Å². The molecule has 1 aliphatic carbocycles. The molecule has 0 heterocycles. The molecule has 0 aliphatic heterocycles. The quantitative estimate of drug-likeness (QED) is 0.402. The van der Waals surface area contributed by atoms with Gasteiger partial charge in [0.15, 0.2) is 0 Å². The van der Waals surface area contributed by atoms with Gasteiger partial charge in [0.1, 0.15) is 5.57 Å². The maximum Gasteiger partial charge on any atom is 0.271 e. The minimum Gasteiger partial charge on any atom is -0.349 e. The molecule has 2 amide bonds. The average molecular weight is 298 g/mol. The predicted octanol–water partition coefficient (Wildman–Crippen LogP) is 2.81. The van der Waals surface area contributed by atoms with Crippen molar-refractivity contribution < 1.29 is 9.59 Å². The molecule has 4 heteroatoms. The summed E-state index contributed by atoms with van der Waals surface area (Å²) in [5.74, 6) is -0.774. The van der Waals surface area contributed by atoms with Crippen LogP contribution in [0.5, 0.6) is 0 Å². The van der Waals surface area contributed by atoms with Crippen LogP contribution in [-0.4, -0.2) is 24.9 Å². The minimum absolute atomic E-state index is 0.0306. The number of carbonyl (C=O) groups excluding carboxylic acids is 2. The standard InChI is InChI=1S/C18H22N2O2/c1-3-16(17(21)19-14-10-6-4-7-11-14)18(22)20(2)15-12-8-5-9-13-15/h5,8-9,12-14H,1,4,6-7,10-11H2,2H3,(H,19,21). The van der Waals surface area contributed by atoms with E-state index in [9.17, 15) is 9.59 Å². The van der Waals surface area contributed by atoms with Crippen LogP contribution in [0.25, 0.3) is 0 Å². The van der Waals surface area contributed by atoms with Crippen LogP contribution in [0, 0.1) is 0 Å². The molecular formula is C18H22N2O2. The molecule has 0 radical (unpaired) electrons. The zero-order valence-corrected chi connectivity index (χ0v) is 13.0. The largest absolute Gasteiger partial charge is 0.349 e. The Labute approximate surface area is 131 Å². The number of carbonyl (C=O) groups is 2. The molecule has 0 bridgehead atoms. The monoisotopic (exact) mass is 298 g/mol. The second kappa shape index (κ2) is 7.62. The van der Waals surface area contributed by atoms with Crippen LogP contribution in [-0.2, 0) is 9.59 Å². The van der Waals surface area contributed by atoms with Crippen LogP contribution in [0.1, 0.15) is 32.1 Å². The fraction of sp³-hybridized carbons (Fsp3) is 0.389. The summed E-state index contributed by atoms with van der Waals surface area (Å²) in [7, 11) is 1.64. The highest BCUT2D eigenvalue weighted by Gasteiger charge is 2.25. The van der Waals surface area contributed by atoms with E-state index < -0.39 is 5.91 Å². The van der Waals surface area contributed by atoms with E-state index in [2.05, 4.69) is 17.6 Å². The van der Waals surface area contributed by atoms with Crippen LogP contribution in [0.3, 0.4) is 0 Å². The van der Waals surface area contributed by atoms with Gasteiger partial charge in [0.05, 0.1) is 0 Å². The van der Waals surface area contributed by atoms with Gasteiger partial charge in [-0.3, -0.25) is 9.59 Å². The number of para-hydroxylation sites is 1. The van der Waals surface area contributed by atoms with Gasteiger partial charge in [0.2, 0.25) is 0 Å². The van der Waals surface area contributed by atoms with Crippen molar-refractivity contribution >= 4 is 17.5 Å². The van der Waals surface area contributed by atoms with Gasteiger partial charge in [-0.2, -0.15) is 0 Å². The molecule has 0 aromatic heterocycles. The molecule has 1 N–H and O–H groups in total. The Hall–Kier alpha value is -2.32. The van der Waals surface area contributed by atoms with E-state index in [4.69, 9.17) is 0 Å². The number of hydrogen-bond donors (Lipinski definition) is 1. The summed E-state index contributed by atoms with van der Waals surface area (Å²) < 4.78 is 0. The summed E-state index contributed by atoms with van der Waals surface area (Å²) in [5.41, 5.74) is 3.20. The molecule has 0 unspecified atom stereocenters. The topological polar surface area (TPSA) is 49.4 Å². The molecule has 1 fully saturated rings. The van der Waals surface area contributed by atoms with E-state index in [0.29, 0.717) is 0 Å². The Morgan fingerprint density at radius 3 is 2.41 bits per heavy atom. The van der Waals surface area contributed by atoms with Gasteiger partial charge in [-0.1, -0.05) is 44.0 Å². The lowest BCUT2D eigenvalue weighted by molar-refractivity contribution is -0.122. The van der Waals surface area contributed by atoms with E-state index in [1.165, 1.54) is 11.3 Å². The number of nitrogens with one attached hydrogen (secondary N) is 1. The van der Waals surface area contributed by atoms with Crippen molar-refractivity contribution in [2.45, 2.75) is 38.1 Å². The molecule has 1 aromatic carbocycles. The van der Waals surface area contributed by atoms with Gasteiger partial charge in [0, 0.05) is 18.8 Å². The lowest BCUT2D eigenvalue weighted by atomic mass is 9.95. The Bertz CT molecular complexity index is 582. The second-order valence-electron chi connectivity index (χ2n) is 5.56. The zero-order chi connectivity index (χ0) is 15.9. The highest BCUT2D eigenvalue weighted by molar-refractivity contribution is 6.23.